The van der Waals surface area contributed by atoms with Crippen molar-refractivity contribution in [3.8, 4) is 22.8 Å². The van der Waals surface area contributed by atoms with Crippen molar-refractivity contribution in [2.75, 3.05) is 19.5 Å². The molecule has 1 amide bonds. The minimum absolute atomic E-state index is 0.279. The first-order valence-electron chi connectivity index (χ1n) is 7.13. The van der Waals surface area contributed by atoms with Crippen molar-refractivity contribution < 1.29 is 14.3 Å². The topological polar surface area (TPSA) is 73.3 Å². The van der Waals surface area contributed by atoms with Crippen LogP contribution in [0.4, 0.5) is 5.69 Å². The van der Waals surface area contributed by atoms with Gasteiger partial charge in [-0.15, -0.1) is 5.10 Å². The number of anilines is 1. The number of rotatable bonds is 5. The Balaban J connectivity index is 1.88. The van der Waals surface area contributed by atoms with Crippen molar-refractivity contribution in [1.82, 2.24) is 9.59 Å². The summed E-state index contributed by atoms with van der Waals surface area (Å²) in [7, 11) is 3.11. The van der Waals surface area contributed by atoms with Gasteiger partial charge in [-0.05, 0) is 11.5 Å². The molecule has 2 aromatic carbocycles. The Morgan fingerprint density at radius 1 is 1.04 bits per heavy atom. The summed E-state index contributed by atoms with van der Waals surface area (Å²) in [6.45, 7) is 0. The highest BCUT2D eigenvalue weighted by Gasteiger charge is 2.18. The number of aromatic nitrogens is 2. The van der Waals surface area contributed by atoms with Crippen LogP contribution in [0.15, 0.2) is 48.5 Å². The Morgan fingerprint density at radius 3 is 2.33 bits per heavy atom. The van der Waals surface area contributed by atoms with Crippen molar-refractivity contribution in [2.24, 2.45) is 0 Å². The van der Waals surface area contributed by atoms with Crippen LogP contribution in [-0.2, 0) is 0 Å². The molecule has 0 saturated carbocycles. The van der Waals surface area contributed by atoms with Crippen LogP contribution in [0.2, 0.25) is 0 Å². The number of hydrogen-bond acceptors (Lipinski definition) is 6. The number of amides is 1. The fourth-order valence-corrected chi connectivity index (χ4v) is 2.78. The maximum Gasteiger partial charge on any atom is 0.269 e. The second kappa shape index (κ2) is 7.10. The fourth-order valence-electron chi connectivity index (χ4n) is 2.19. The normalized spacial score (nSPS) is 10.2. The first-order chi connectivity index (χ1) is 11.7. The van der Waals surface area contributed by atoms with Gasteiger partial charge in [0.1, 0.15) is 22.1 Å². The SMILES string of the molecule is COc1cc(NC(=O)c2snnc2-c2ccccc2)cc(OC)c1. The third-order valence-electron chi connectivity index (χ3n) is 3.35. The van der Waals surface area contributed by atoms with Gasteiger partial charge in [-0.2, -0.15) is 0 Å². The quantitative estimate of drug-likeness (QED) is 0.769. The maximum absolute atomic E-state index is 12.6. The van der Waals surface area contributed by atoms with E-state index in [1.165, 1.54) is 0 Å². The highest BCUT2D eigenvalue weighted by Crippen LogP contribution is 2.28. The lowest BCUT2D eigenvalue weighted by atomic mass is 10.1. The monoisotopic (exact) mass is 341 g/mol. The fraction of sp³-hybridized carbons (Fsp3) is 0.118. The van der Waals surface area contributed by atoms with E-state index in [0.29, 0.717) is 27.8 Å². The van der Waals surface area contributed by atoms with Gasteiger partial charge in [-0.1, -0.05) is 34.8 Å². The van der Waals surface area contributed by atoms with E-state index in [2.05, 4.69) is 14.9 Å². The summed E-state index contributed by atoms with van der Waals surface area (Å²) < 4.78 is 14.3. The summed E-state index contributed by atoms with van der Waals surface area (Å²) >= 11 is 1.06. The number of nitrogens with one attached hydrogen (secondary N) is 1. The molecule has 0 fully saturated rings. The van der Waals surface area contributed by atoms with Gasteiger partial charge in [0.05, 0.1) is 14.2 Å². The Kier molecular flexibility index (Phi) is 4.72. The van der Waals surface area contributed by atoms with Crippen LogP contribution in [0.3, 0.4) is 0 Å². The lowest BCUT2D eigenvalue weighted by Crippen LogP contribution is -2.11. The number of nitrogens with zero attached hydrogens (tertiary/aromatic N) is 2. The zero-order chi connectivity index (χ0) is 16.9. The summed E-state index contributed by atoms with van der Waals surface area (Å²) in [5.41, 5.74) is 1.98. The summed E-state index contributed by atoms with van der Waals surface area (Å²) in [5, 5.41) is 6.91. The van der Waals surface area contributed by atoms with Gasteiger partial charge in [0, 0.05) is 29.4 Å². The van der Waals surface area contributed by atoms with E-state index in [1.807, 2.05) is 30.3 Å². The van der Waals surface area contributed by atoms with Crippen molar-refractivity contribution in [3.05, 3.63) is 53.4 Å². The third-order valence-corrected chi connectivity index (χ3v) is 4.08. The molecule has 0 spiro atoms. The first kappa shape index (κ1) is 15.9. The molecule has 0 atom stereocenters. The number of methoxy groups -OCH3 is 2. The van der Waals surface area contributed by atoms with Crippen LogP contribution in [0, 0.1) is 0 Å². The summed E-state index contributed by atoms with van der Waals surface area (Å²) in [6.07, 6.45) is 0. The van der Waals surface area contributed by atoms with Crippen LogP contribution in [0.5, 0.6) is 11.5 Å². The molecule has 1 N–H and O–H groups in total. The average Bonchev–Trinajstić information content (AvgIpc) is 3.12. The van der Waals surface area contributed by atoms with E-state index < -0.39 is 0 Å². The molecule has 0 aliphatic rings. The molecule has 3 aromatic rings. The second-order valence-electron chi connectivity index (χ2n) is 4.87. The van der Waals surface area contributed by atoms with Crippen LogP contribution < -0.4 is 14.8 Å². The molecule has 3 rings (SSSR count). The van der Waals surface area contributed by atoms with E-state index >= 15 is 0 Å². The Labute approximate surface area is 143 Å². The summed E-state index contributed by atoms with van der Waals surface area (Å²) in [5.74, 6) is 0.907. The number of benzene rings is 2. The van der Waals surface area contributed by atoms with E-state index in [4.69, 9.17) is 9.47 Å². The van der Waals surface area contributed by atoms with Gasteiger partial charge in [-0.25, -0.2) is 0 Å². The number of ether oxygens (including phenoxy) is 2. The molecular weight excluding hydrogens is 326 g/mol. The molecule has 6 nitrogen and oxygen atoms in total. The Morgan fingerprint density at radius 2 is 1.71 bits per heavy atom. The van der Waals surface area contributed by atoms with Crippen molar-refractivity contribution in [3.63, 3.8) is 0 Å². The molecule has 7 heteroatoms. The minimum atomic E-state index is -0.279. The predicted molar refractivity (Wildman–Crippen MR) is 92.8 cm³/mol. The predicted octanol–water partition coefficient (Wildman–Crippen LogP) is 3.47. The molecule has 0 aliphatic heterocycles. The molecule has 0 saturated heterocycles. The molecule has 122 valence electrons. The standard InChI is InChI=1S/C17H15N3O3S/c1-22-13-8-12(9-14(10-13)23-2)18-17(21)16-15(19-20-24-16)11-6-4-3-5-7-11/h3-10H,1-2H3,(H,18,21). The lowest BCUT2D eigenvalue weighted by Gasteiger charge is -2.09. The summed E-state index contributed by atoms with van der Waals surface area (Å²) in [6, 6.07) is 14.6. The van der Waals surface area contributed by atoms with Gasteiger partial charge in [0.2, 0.25) is 0 Å². The first-order valence-corrected chi connectivity index (χ1v) is 7.91. The highest BCUT2D eigenvalue weighted by molar-refractivity contribution is 7.08. The second-order valence-corrected chi connectivity index (χ2v) is 5.63. The van der Waals surface area contributed by atoms with Crippen LogP contribution in [-0.4, -0.2) is 29.7 Å². The van der Waals surface area contributed by atoms with Crippen LogP contribution in [0.25, 0.3) is 11.3 Å². The highest BCUT2D eigenvalue weighted by atomic mass is 32.1. The average molecular weight is 341 g/mol. The number of hydrogen-bond donors (Lipinski definition) is 1. The van der Waals surface area contributed by atoms with E-state index in [-0.39, 0.29) is 5.91 Å². The van der Waals surface area contributed by atoms with Crippen LogP contribution in [0.1, 0.15) is 9.67 Å². The third kappa shape index (κ3) is 3.36. The Bertz CT molecular complexity index is 827. The van der Waals surface area contributed by atoms with Gasteiger partial charge in [-0.3, -0.25) is 4.79 Å². The van der Waals surface area contributed by atoms with Gasteiger partial charge < -0.3 is 14.8 Å². The Hall–Kier alpha value is -2.93. The van der Waals surface area contributed by atoms with Gasteiger partial charge >= 0.3 is 0 Å². The molecule has 0 aliphatic carbocycles. The zero-order valence-electron chi connectivity index (χ0n) is 13.1. The van der Waals surface area contributed by atoms with Gasteiger partial charge in [0.25, 0.3) is 5.91 Å². The molecule has 1 aromatic heterocycles. The number of carbonyl (C=O) groups is 1. The lowest BCUT2D eigenvalue weighted by molar-refractivity contribution is 0.103. The van der Waals surface area contributed by atoms with E-state index in [9.17, 15) is 4.79 Å². The summed E-state index contributed by atoms with van der Waals surface area (Å²) in [4.78, 5) is 13.1. The molecule has 0 bridgehead atoms. The molecule has 1 heterocycles. The maximum atomic E-state index is 12.6. The van der Waals surface area contributed by atoms with Crippen molar-refractivity contribution in [1.29, 1.82) is 0 Å². The molecule has 24 heavy (non-hydrogen) atoms. The van der Waals surface area contributed by atoms with E-state index in [0.717, 1.165) is 17.1 Å². The molecular formula is C17H15N3O3S. The zero-order valence-corrected chi connectivity index (χ0v) is 14.0. The molecule has 0 radical (unpaired) electrons. The van der Waals surface area contributed by atoms with Crippen molar-refractivity contribution >= 4 is 23.1 Å². The smallest absolute Gasteiger partial charge is 0.269 e. The van der Waals surface area contributed by atoms with Crippen LogP contribution >= 0.6 is 11.5 Å². The molecule has 0 unspecified atom stereocenters. The number of carbonyl (C=O) groups excluding carboxylic acids is 1. The largest absolute Gasteiger partial charge is 0.497 e. The van der Waals surface area contributed by atoms with Crippen molar-refractivity contribution in [2.45, 2.75) is 0 Å². The van der Waals surface area contributed by atoms with E-state index in [1.54, 1.807) is 32.4 Å². The minimum Gasteiger partial charge on any atom is -0.497 e. The van der Waals surface area contributed by atoms with Gasteiger partial charge in [0.15, 0.2) is 0 Å².